The maximum absolute atomic E-state index is 12.4. The molecule has 1 amide bonds. The van der Waals surface area contributed by atoms with E-state index in [9.17, 15) is 4.79 Å². The van der Waals surface area contributed by atoms with Gasteiger partial charge < -0.3 is 15.0 Å². The standard InChI is InChI=1S/C23H23N3O2/c1-3-26-15-21-20(23(26)27)13-14-24-22(21)25-16(2)17-9-11-19(12-10-17)28-18-7-5-4-6-8-18/h4-14,16H,3,15H2,1-2H3,(H,24,25)/t16-/m0/s1. The van der Waals surface area contributed by atoms with Crippen LogP contribution in [0.1, 0.15) is 41.4 Å². The Kier molecular flexibility index (Phi) is 4.98. The van der Waals surface area contributed by atoms with E-state index in [1.165, 1.54) is 0 Å². The summed E-state index contributed by atoms with van der Waals surface area (Å²) < 4.78 is 5.85. The Morgan fingerprint density at radius 2 is 1.79 bits per heavy atom. The first kappa shape index (κ1) is 18.0. The van der Waals surface area contributed by atoms with E-state index in [0.717, 1.165) is 34.0 Å². The smallest absolute Gasteiger partial charge is 0.254 e. The molecule has 1 aliphatic rings. The Balaban J connectivity index is 1.48. The van der Waals surface area contributed by atoms with Gasteiger partial charge in [-0.15, -0.1) is 0 Å². The Morgan fingerprint density at radius 3 is 2.50 bits per heavy atom. The van der Waals surface area contributed by atoms with E-state index in [-0.39, 0.29) is 11.9 Å². The van der Waals surface area contributed by atoms with Gasteiger partial charge in [-0.2, -0.15) is 0 Å². The average Bonchev–Trinajstić information content (AvgIpc) is 3.06. The first-order valence-electron chi connectivity index (χ1n) is 9.52. The molecule has 28 heavy (non-hydrogen) atoms. The van der Waals surface area contributed by atoms with Crippen molar-refractivity contribution in [2.45, 2.75) is 26.4 Å². The number of ether oxygens (including phenoxy) is 1. The van der Waals surface area contributed by atoms with Crippen LogP contribution in [0.5, 0.6) is 11.5 Å². The van der Waals surface area contributed by atoms with Crippen molar-refractivity contribution in [3.63, 3.8) is 0 Å². The minimum absolute atomic E-state index is 0.0514. The number of benzene rings is 2. The Hall–Kier alpha value is -3.34. The number of pyridine rings is 1. The van der Waals surface area contributed by atoms with Crippen LogP contribution < -0.4 is 10.1 Å². The van der Waals surface area contributed by atoms with Gasteiger partial charge in [0.15, 0.2) is 0 Å². The zero-order chi connectivity index (χ0) is 19.5. The molecule has 5 nitrogen and oxygen atoms in total. The first-order valence-corrected chi connectivity index (χ1v) is 9.52. The van der Waals surface area contributed by atoms with Gasteiger partial charge in [-0.05, 0) is 49.7 Å². The molecule has 5 heteroatoms. The molecule has 0 bridgehead atoms. The minimum atomic E-state index is 0.0514. The number of nitrogens with one attached hydrogen (secondary N) is 1. The summed E-state index contributed by atoms with van der Waals surface area (Å²) in [4.78, 5) is 18.7. The third-order valence-electron chi connectivity index (χ3n) is 5.02. The van der Waals surface area contributed by atoms with Gasteiger partial charge >= 0.3 is 0 Å². The summed E-state index contributed by atoms with van der Waals surface area (Å²) in [5.74, 6) is 2.47. The van der Waals surface area contributed by atoms with E-state index in [1.807, 2.05) is 66.4 Å². The second-order valence-corrected chi connectivity index (χ2v) is 6.86. The minimum Gasteiger partial charge on any atom is -0.457 e. The predicted molar refractivity (Wildman–Crippen MR) is 110 cm³/mol. The van der Waals surface area contributed by atoms with Crippen LogP contribution in [0.4, 0.5) is 5.82 Å². The second kappa shape index (κ2) is 7.72. The van der Waals surface area contributed by atoms with Crippen molar-refractivity contribution in [2.24, 2.45) is 0 Å². The zero-order valence-corrected chi connectivity index (χ0v) is 16.1. The van der Waals surface area contributed by atoms with Gasteiger partial charge in [0.1, 0.15) is 17.3 Å². The topological polar surface area (TPSA) is 54.5 Å². The summed E-state index contributed by atoms with van der Waals surface area (Å²) in [6, 6.07) is 19.6. The molecule has 142 valence electrons. The molecule has 1 atom stereocenters. The van der Waals surface area contributed by atoms with Crippen LogP contribution in [0.2, 0.25) is 0 Å². The molecule has 1 aromatic heterocycles. The lowest BCUT2D eigenvalue weighted by Gasteiger charge is -2.17. The molecule has 1 aliphatic heterocycles. The fraction of sp³-hybridized carbons (Fsp3) is 0.217. The van der Waals surface area contributed by atoms with E-state index in [0.29, 0.717) is 13.1 Å². The van der Waals surface area contributed by atoms with Crippen molar-refractivity contribution in [2.75, 3.05) is 11.9 Å². The molecule has 0 spiro atoms. The van der Waals surface area contributed by atoms with Crippen LogP contribution >= 0.6 is 0 Å². The third-order valence-corrected chi connectivity index (χ3v) is 5.02. The largest absolute Gasteiger partial charge is 0.457 e. The van der Waals surface area contributed by atoms with Crippen LogP contribution in [0.25, 0.3) is 0 Å². The summed E-state index contributed by atoms with van der Waals surface area (Å²) in [6.07, 6.45) is 1.70. The lowest BCUT2D eigenvalue weighted by molar-refractivity contribution is 0.0787. The molecule has 2 heterocycles. The predicted octanol–water partition coefficient (Wildman–Crippen LogP) is 5.02. The SMILES string of the molecule is CCN1Cc2c(ccnc2N[C@@H](C)c2ccc(Oc3ccccc3)cc2)C1=O. The number of fused-ring (bicyclic) bond motifs is 1. The van der Waals surface area contributed by atoms with Crippen molar-refractivity contribution in [1.29, 1.82) is 0 Å². The molecule has 0 unspecified atom stereocenters. The first-order chi connectivity index (χ1) is 13.7. The summed E-state index contributed by atoms with van der Waals surface area (Å²) in [7, 11) is 0. The van der Waals surface area contributed by atoms with Gasteiger partial charge in [0, 0.05) is 29.9 Å². The van der Waals surface area contributed by atoms with E-state index in [4.69, 9.17) is 4.74 Å². The molecule has 0 radical (unpaired) electrons. The number of nitrogens with zero attached hydrogens (tertiary/aromatic N) is 2. The fourth-order valence-corrected chi connectivity index (χ4v) is 3.40. The number of carbonyl (C=O) groups is 1. The van der Waals surface area contributed by atoms with Crippen molar-refractivity contribution < 1.29 is 9.53 Å². The number of hydrogen-bond donors (Lipinski definition) is 1. The number of aromatic nitrogens is 1. The van der Waals surface area contributed by atoms with Crippen LogP contribution in [0, 0.1) is 0 Å². The lowest BCUT2D eigenvalue weighted by Crippen LogP contribution is -2.22. The number of carbonyl (C=O) groups excluding carboxylic acids is 1. The fourth-order valence-electron chi connectivity index (χ4n) is 3.40. The van der Waals surface area contributed by atoms with Gasteiger partial charge in [-0.1, -0.05) is 30.3 Å². The molecular formula is C23H23N3O2. The number of hydrogen-bond acceptors (Lipinski definition) is 4. The highest BCUT2D eigenvalue weighted by atomic mass is 16.5. The van der Waals surface area contributed by atoms with Crippen LogP contribution in [-0.2, 0) is 6.54 Å². The lowest BCUT2D eigenvalue weighted by atomic mass is 10.1. The Morgan fingerprint density at radius 1 is 1.07 bits per heavy atom. The quantitative estimate of drug-likeness (QED) is 0.659. The van der Waals surface area contributed by atoms with Crippen LogP contribution in [-0.4, -0.2) is 22.3 Å². The normalized spacial score (nSPS) is 13.9. The zero-order valence-electron chi connectivity index (χ0n) is 16.1. The van der Waals surface area contributed by atoms with Crippen molar-refractivity contribution in [1.82, 2.24) is 9.88 Å². The average molecular weight is 373 g/mol. The van der Waals surface area contributed by atoms with E-state index in [2.05, 4.69) is 17.2 Å². The molecule has 0 saturated carbocycles. The number of rotatable bonds is 6. The number of anilines is 1. The van der Waals surface area contributed by atoms with Gasteiger partial charge in [-0.3, -0.25) is 4.79 Å². The van der Waals surface area contributed by atoms with Gasteiger partial charge in [0.2, 0.25) is 0 Å². The highest BCUT2D eigenvalue weighted by Gasteiger charge is 2.29. The second-order valence-electron chi connectivity index (χ2n) is 6.86. The monoisotopic (exact) mass is 373 g/mol. The van der Waals surface area contributed by atoms with E-state index in [1.54, 1.807) is 12.3 Å². The van der Waals surface area contributed by atoms with Gasteiger partial charge in [-0.25, -0.2) is 4.98 Å². The van der Waals surface area contributed by atoms with Crippen molar-refractivity contribution in [3.8, 4) is 11.5 Å². The molecule has 0 fully saturated rings. The molecule has 4 rings (SSSR count). The summed E-state index contributed by atoms with van der Waals surface area (Å²) in [5, 5.41) is 3.46. The third kappa shape index (κ3) is 3.56. The van der Waals surface area contributed by atoms with Crippen molar-refractivity contribution >= 4 is 11.7 Å². The summed E-state index contributed by atoms with van der Waals surface area (Å²) >= 11 is 0. The number of para-hydroxylation sites is 1. The maximum atomic E-state index is 12.4. The number of amides is 1. The summed E-state index contributed by atoms with van der Waals surface area (Å²) in [6.45, 7) is 5.39. The Bertz CT molecular complexity index is 971. The van der Waals surface area contributed by atoms with Crippen molar-refractivity contribution in [3.05, 3.63) is 83.6 Å². The molecule has 1 N–H and O–H groups in total. The summed E-state index contributed by atoms with van der Waals surface area (Å²) in [5.41, 5.74) is 2.85. The molecule has 3 aromatic rings. The van der Waals surface area contributed by atoms with Gasteiger partial charge in [0.05, 0.1) is 6.54 Å². The van der Waals surface area contributed by atoms with Crippen LogP contribution in [0.3, 0.4) is 0 Å². The molecule has 0 aliphatic carbocycles. The van der Waals surface area contributed by atoms with Gasteiger partial charge in [0.25, 0.3) is 5.91 Å². The van der Waals surface area contributed by atoms with E-state index >= 15 is 0 Å². The highest BCUT2D eigenvalue weighted by Crippen LogP contribution is 2.30. The van der Waals surface area contributed by atoms with E-state index < -0.39 is 0 Å². The van der Waals surface area contributed by atoms with Crippen LogP contribution in [0.15, 0.2) is 66.9 Å². The Labute approximate surface area is 165 Å². The molecule has 2 aromatic carbocycles. The molecule has 0 saturated heterocycles. The maximum Gasteiger partial charge on any atom is 0.254 e. The highest BCUT2D eigenvalue weighted by molar-refractivity contribution is 5.99. The molecular weight excluding hydrogens is 350 g/mol.